The molecule has 0 spiro atoms. The van der Waals surface area contributed by atoms with E-state index in [1.54, 1.807) is 11.3 Å². The molecule has 98 valence electrons. The summed E-state index contributed by atoms with van der Waals surface area (Å²) in [5, 5.41) is 0.694. The number of aromatic nitrogens is 1. The molecule has 0 saturated carbocycles. The van der Waals surface area contributed by atoms with Crippen LogP contribution in [0.15, 0.2) is 6.20 Å². The lowest BCUT2D eigenvalue weighted by Crippen LogP contribution is -2.38. The Labute approximate surface area is 114 Å². The monoisotopic (exact) mass is 275 g/mol. The number of hydrogen-bond acceptors (Lipinski definition) is 4. The highest BCUT2D eigenvalue weighted by Gasteiger charge is 2.21. The third kappa shape index (κ3) is 4.12. The summed E-state index contributed by atoms with van der Waals surface area (Å²) in [5.74, 6) is 0. The van der Waals surface area contributed by atoms with Crippen LogP contribution in [0, 0.1) is 0 Å². The van der Waals surface area contributed by atoms with Crippen molar-refractivity contribution in [3.8, 4) is 0 Å². The van der Waals surface area contributed by atoms with E-state index in [1.165, 1.54) is 43.5 Å². The van der Waals surface area contributed by atoms with Crippen LogP contribution >= 0.6 is 23.7 Å². The zero-order valence-corrected chi connectivity index (χ0v) is 12.0. The summed E-state index contributed by atoms with van der Waals surface area (Å²) in [7, 11) is 0. The van der Waals surface area contributed by atoms with Crippen LogP contribution in [0.3, 0.4) is 0 Å². The standard InChI is InChI=1S/C12H21N3S.ClH/c1-2-5-10-6-3-4-7-15(10)9-11-8-14-12(13)16-11;/h8,10H,2-7,9H2,1H3,(H2,13,14);1H. The fourth-order valence-corrected chi connectivity index (χ4v) is 3.23. The maximum absolute atomic E-state index is 5.67. The summed E-state index contributed by atoms with van der Waals surface area (Å²) in [6.45, 7) is 4.56. The number of hydrogen-bond donors (Lipinski definition) is 1. The van der Waals surface area contributed by atoms with Crippen molar-refractivity contribution >= 4 is 28.9 Å². The third-order valence-electron chi connectivity index (χ3n) is 3.30. The Morgan fingerprint density at radius 1 is 1.53 bits per heavy atom. The van der Waals surface area contributed by atoms with Gasteiger partial charge in [0.05, 0.1) is 0 Å². The van der Waals surface area contributed by atoms with Gasteiger partial charge in [-0.1, -0.05) is 19.8 Å². The second kappa shape index (κ2) is 7.19. The first-order valence-electron chi connectivity index (χ1n) is 6.24. The zero-order valence-electron chi connectivity index (χ0n) is 10.4. The molecule has 0 radical (unpaired) electrons. The van der Waals surface area contributed by atoms with Gasteiger partial charge in [0.25, 0.3) is 0 Å². The van der Waals surface area contributed by atoms with E-state index in [1.807, 2.05) is 6.20 Å². The molecule has 0 amide bonds. The number of thiazole rings is 1. The Morgan fingerprint density at radius 2 is 2.35 bits per heavy atom. The molecule has 1 aromatic rings. The van der Waals surface area contributed by atoms with Crippen LogP contribution in [0.5, 0.6) is 0 Å². The molecule has 0 aromatic carbocycles. The molecule has 0 bridgehead atoms. The van der Waals surface area contributed by atoms with Crippen molar-refractivity contribution in [2.24, 2.45) is 0 Å². The van der Waals surface area contributed by atoms with Gasteiger partial charge in [0, 0.05) is 23.7 Å². The molecule has 2 heterocycles. The number of likely N-dealkylation sites (tertiary alicyclic amines) is 1. The fraction of sp³-hybridized carbons (Fsp3) is 0.750. The Kier molecular flexibility index (Phi) is 6.23. The van der Waals surface area contributed by atoms with Gasteiger partial charge < -0.3 is 5.73 Å². The van der Waals surface area contributed by atoms with E-state index < -0.39 is 0 Å². The van der Waals surface area contributed by atoms with E-state index in [9.17, 15) is 0 Å². The summed E-state index contributed by atoms with van der Waals surface area (Å²) >= 11 is 1.63. The number of nitrogen functional groups attached to an aromatic ring is 1. The lowest BCUT2D eigenvalue weighted by atomic mass is 9.98. The predicted octanol–water partition coefficient (Wildman–Crippen LogP) is 3.30. The molecule has 1 aliphatic rings. The van der Waals surface area contributed by atoms with Crippen molar-refractivity contribution in [2.45, 2.75) is 51.6 Å². The van der Waals surface area contributed by atoms with Crippen molar-refractivity contribution in [3.05, 3.63) is 11.1 Å². The summed E-state index contributed by atoms with van der Waals surface area (Å²) < 4.78 is 0. The van der Waals surface area contributed by atoms with Gasteiger partial charge in [-0.25, -0.2) is 4.98 Å². The van der Waals surface area contributed by atoms with Gasteiger partial charge in [0.15, 0.2) is 5.13 Å². The normalized spacial score (nSPS) is 21.1. The second-order valence-corrected chi connectivity index (χ2v) is 5.72. The summed E-state index contributed by atoms with van der Waals surface area (Å²) in [5.41, 5.74) is 5.67. The highest BCUT2D eigenvalue weighted by molar-refractivity contribution is 7.15. The molecular weight excluding hydrogens is 254 g/mol. The van der Waals surface area contributed by atoms with Gasteiger partial charge >= 0.3 is 0 Å². The zero-order chi connectivity index (χ0) is 11.4. The molecule has 1 aromatic heterocycles. The van der Waals surface area contributed by atoms with Crippen LogP contribution in [-0.2, 0) is 6.54 Å². The van der Waals surface area contributed by atoms with E-state index >= 15 is 0 Å². The minimum atomic E-state index is 0. The first kappa shape index (κ1) is 14.7. The van der Waals surface area contributed by atoms with E-state index in [2.05, 4.69) is 16.8 Å². The molecule has 1 atom stereocenters. The Hall–Kier alpha value is -0.320. The van der Waals surface area contributed by atoms with E-state index in [4.69, 9.17) is 5.73 Å². The third-order valence-corrected chi connectivity index (χ3v) is 4.11. The Balaban J connectivity index is 0.00000144. The number of piperidine rings is 1. The quantitative estimate of drug-likeness (QED) is 0.917. The minimum absolute atomic E-state index is 0. The molecule has 1 saturated heterocycles. The van der Waals surface area contributed by atoms with Crippen molar-refractivity contribution in [1.82, 2.24) is 9.88 Å². The maximum Gasteiger partial charge on any atom is 0.180 e. The number of rotatable bonds is 4. The van der Waals surface area contributed by atoms with Gasteiger partial charge in [0.2, 0.25) is 0 Å². The molecule has 3 nitrogen and oxygen atoms in total. The van der Waals surface area contributed by atoms with E-state index in [0.717, 1.165) is 12.6 Å². The first-order chi connectivity index (χ1) is 7.79. The molecule has 1 fully saturated rings. The Morgan fingerprint density at radius 3 is 3.00 bits per heavy atom. The van der Waals surface area contributed by atoms with Crippen LogP contribution < -0.4 is 5.73 Å². The lowest BCUT2D eigenvalue weighted by Gasteiger charge is -2.35. The van der Waals surface area contributed by atoms with Crippen LogP contribution in [0.25, 0.3) is 0 Å². The van der Waals surface area contributed by atoms with E-state index in [-0.39, 0.29) is 12.4 Å². The summed E-state index contributed by atoms with van der Waals surface area (Å²) in [6, 6.07) is 0.780. The van der Waals surface area contributed by atoms with Gasteiger partial charge in [-0.05, 0) is 25.8 Å². The van der Waals surface area contributed by atoms with Gasteiger partial charge in [-0.15, -0.1) is 23.7 Å². The maximum atomic E-state index is 5.67. The Bertz CT molecular complexity index is 327. The van der Waals surface area contributed by atoms with Crippen LogP contribution in [0.1, 0.15) is 43.9 Å². The van der Waals surface area contributed by atoms with E-state index in [0.29, 0.717) is 5.13 Å². The molecule has 17 heavy (non-hydrogen) atoms. The number of nitrogens with zero attached hydrogens (tertiary/aromatic N) is 2. The van der Waals surface area contributed by atoms with Crippen LogP contribution in [0.2, 0.25) is 0 Å². The van der Waals surface area contributed by atoms with Gasteiger partial charge in [-0.3, -0.25) is 4.90 Å². The highest BCUT2D eigenvalue weighted by Crippen LogP contribution is 2.25. The largest absolute Gasteiger partial charge is 0.375 e. The van der Waals surface area contributed by atoms with Gasteiger partial charge in [0.1, 0.15) is 0 Å². The van der Waals surface area contributed by atoms with Crippen molar-refractivity contribution in [3.63, 3.8) is 0 Å². The smallest absolute Gasteiger partial charge is 0.180 e. The average molecular weight is 276 g/mol. The fourth-order valence-electron chi connectivity index (χ4n) is 2.52. The van der Waals surface area contributed by atoms with Crippen LogP contribution in [0.4, 0.5) is 5.13 Å². The summed E-state index contributed by atoms with van der Waals surface area (Å²) in [6.07, 6.45) is 8.64. The molecule has 0 aliphatic carbocycles. The average Bonchev–Trinajstić information content (AvgIpc) is 2.67. The van der Waals surface area contributed by atoms with Gasteiger partial charge in [-0.2, -0.15) is 0 Å². The van der Waals surface area contributed by atoms with Crippen molar-refractivity contribution in [2.75, 3.05) is 12.3 Å². The molecule has 5 heteroatoms. The summed E-state index contributed by atoms with van der Waals surface area (Å²) in [4.78, 5) is 8.04. The first-order valence-corrected chi connectivity index (χ1v) is 7.05. The molecule has 2 N–H and O–H groups in total. The van der Waals surface area contributed by atoms with Crippen molar-refractivity contribution in [1.29, 1.82) is 0 Å². The SMILES string of the molecule is CCCC1CCCCN1Cc1cnc(N)s1.Cl. The highest BCUT2D eigenvalue weighted by atomic mass is 35.5. The van der Waals surface area contributed by atoms with Crippen LogP contribution in [-0.4, -0.2) is 22.5 Å². The molecule has 1 unspecified atom stereocenters. The molecular formula is C12H22ClN3S. The molecule has 1 aliphatic heterocycles. The topological polar surface area (TPSA) is 42.2 Å². The lowest BCUT2D eigenvalue weighted by molar-refractivity contribution is 0.133. The minimum Gasteiger partial charge on any atom is -0.375 e. The number of halogens is 1. The number of anilines is 1. The number of nitrogens with two attached hydrogens (primary N) is 1. The second-order valence-electron chi connectivity index (χ2n) is 4.57. The molecule has 2 rings (SSSR count). The van der Waals surface area contributed by atoms with Crippen molar-refractivity contribution < 1.29 is 0 Å². The predicted molar refractivity (Wildman–Crippen MR) is 76.7 cm³/mol.